The molecular formula is C12H20N2O3S. The highest BCUT2D eigenvalue weighted by atomic mass is 32.2. The molecule has 2 heterocycles. The molecule has 2 unspecified atom stereocenters. The normalized spacial score (nSPS) is 28.1. The molecule has 2 rings (SSSR count). The van der Waals surface area contributed by atoms with E-state index in [0.29, 0.717) is 13.1 Å². The zero-order valence-corrected chi connectivity index (χ0v) is 11.2. The molecule has 6 heteroatoms. The highest BCUT2D eigenvalue weighted by Crippen LogP contribution is 2.21. The Bertz CT molecular complexity index is 318. The van der Waals surface area contributed by atoms with Crippen LogP contribution >= 0.6 is 11.8 Å². The van der Waals surface area contributed by atoms with Gasteiger partial charge in [0.05, 0.1) is 0 Å². The summed E-state index contributed by atoms with van der Waals surface area (Å²) in [4.78, 5) is 24.4. The molecule has 2 aliphatic heterocycles. The lowest BCUT2D eigenvalue weighted by atomic mass is 10.1. The van der Waals surface area contributed by atoms with E-state index < -0.39 is 5.97 Å². The molecule has 0 bridgehead atoms. The van der Waals surface area contributed by atoms with E-state index in [4.69, 9.17) is 5.11 Å². The molecule has 2 atom stereocenters. The number of rotatable bonds is 3. The van der Waals surface area contributed by atoms with Crippen LogP contribution in [0, 0.1) is 5.92 Å². The van der Waals surface area contributed by atoms with E-state index in [1.807, 2.05) is 11.8 Å². The summed E-state index contributed by atoms with van der Waals surface area (Å²) < 4.78 is 0. The van der Waals surface area contributed by atoms with E-state index in [-0.39, 0.29) is 24.4 Å². The Balaban J connectivity index is 1.74. The van der Waals surface area contributed by atoms with Gasteiger partial charge in [-0.1, -0.05) is 0 Å². The van der Waals surface area contributed by atoms with E-state index in [1.165, 1.54) is 5.75 Å². The summed E-state index contributed by atoms with van der Waals surface area (Å²) in [6.07, 6.45) is 3.20. The van der Waals surface area contributed by atoms with Gasteiger partial charge in [-0.3, -0.25) is 4.79 Å². The first-order chi connectivity index (χ1) is 8.65. The summed E-state index contributed by atoms with van der Waals surface area (Å²) in [7, 11) is 0. The summed E-state index contributed by atoms with van der Waals surface area (Å²) in [5.41, 5.74) is 0. The Hall–Kier alpha value is -0.910. The van der Waals surface area contributed by atoms with Crippen LogP contribution in [0.5, 0.6) is 0 Å². The molecule has 2 N–H and O–H groups in total. The average molecular weight is 272 g/mol. The minimum atomic E-state index is -0.772. The Morgan fingerprint density at radius 1 is 1.39 bits per heavy atom. The van der Waals surface area contributed by atoms with Crippen LogP contribution in [0.4, 0.5) is 4.79 Å². The van der Waals surface area contributed by atoms with E-state index in [0.717, 1.165) is 25.0 Å². The first-order valence-electron chi connectivity index (χ1n) is 6.50. The van der Waals surface area contributed by atoms with Crippen LogP contribution in [0.15, 0.2) is 0 Å². The average Bonchev–Trinajstić information content (AvgIpc) is 2.78. The predicted molar refractivity (Wildman–Crippen MR) is 70.8 cm³/mol. The molecule has 5 nitrogen and oxygen atoms in total. The summed E-state index contributed by atoms with van der Waals surface area (Å²) in [6, 6.07) is 0.269. The Labute approximate surface area is 111 Å². The number of nitrogens with zero attached hydrogens (tertiary/aromatic N) is 1. The molecule has 2 fully saturated rings. The molecule has 2 saturated heterocycles. The fourth-order valence-electron chi connectivity index (χ4n) is 2.55. The van der Waals surface area contributed by atoms with Crippen molar-refractivity contribution in [1.82, 2.24) is 10.2 Å². The second-order valence-corrected chi connectivity index (χ2v) is 6.21. The van der Waals surface area contributed by atoms with Crippen LogP contribution in [0.1, 0.15) is 25.7 Å². The lowest BCUT2D eigenvalue weighted by Crippen LogP contribution is -2.45. The molecule has 18 heavy (non-hydrogen) atoms. The molecule has 0 saturated carbocycles. The number of hydrogen-bond donors (Lipinski definition) is 2. The maximum atomic E-state index is 12.0. The zero-order valence-electron chi connectivity index (χ0n) is 10.4. The van der Waals surface area contributed by atoms with Crippen LogP contribution in [0.3, 0.4) is 0 Å². The number of carbonyl (C=O) groups excluding carboxylic acids is 1. The van der Waals surface area contributed by atoms with Gasteiger partial charge in [0, 0.05) is 31.3 Å². The van der Waals surface area contributed by atoms with Gasteiger partial charge in [-0.2, -0.15) is 11.8 Å². The minimum Gasteiger partial charge on any atom is -0.481 e. The summed E-state index contributed by atoms with van der Waals surface area (Å²) >= 11 is 1.89. The van der Waals surface area contributed by atoms with Crippen molar-refractivity contribution < 1.29 is 14.7 Å². The van der Waals surface area contributed by atoms with Crippen molar-refractivity contribution in [1.29, 1.82) is 0 Å². The number of carbonyl (C=O) groups is 2. The first kappa shape index (κ1) is 13.5. The highest BCUT2D eigenvalue weighted by molar-refractivity contribution is 7.99. The molecular weight excluding hydrogens is 252 g/mol. The Morgan fingerprint density at radius 2 is 2.22 bits per heavy atom. The number of hydrogen-bond acceptors (Lipinski definition) is 3. The number of urea groups is 1. The van der Waals surface area contributed by atoms with Gasteiger partial charge in [0.1, 0.15) is 0 Å². The van der Waals surface area contributed by atoms with Crippen LogP contribution in [-0.4, -0.2) is 52.6 Å². The van der Waals surface area contributed by atoms with Crippen molar-refractivity contribution >= 4 is 23.8 Å². The molecule has 0 aromatic carbocycles. The summed E-state index contributed by atoms with van der Waals surface area (Å²) in [5, 5.41) is 11.8. The van der Waals surface area contributed by atoms with Gasteiger partial charge in [0.25, 0.3) is 0 Å². The third kappa shape index (κ3) is 3.80. The second-order valence-electron chi connectivity index (χ2n) is 5.06. The van der Waals surface area contributed by atoms with Crippen molar-refractivity contribution in [2.75, 3.05) is 24.6 Å². The number of carboxylic acids is 1. The topological polar surface area (TPSA) is 69.6 Å². The van der Waals surface area contributed by atoms with Crippen molar-refractivity contribution in [3.63, 3.8) is 0 Å². The Kier molecular flexibility index (Phi) is 4.74. The van der Waals surface area contributed by atoms with E-state index in [2.05, 4.69) is 5.32 Å². The van der Waals surface area contributed by atoms with Gasteiger partial charge in [0.15, 0.2) is 0 Å². The lowest BCUT2D eigenvalue weighted by molar-refractivity contribution is -0.138. The van der Waals surface area contributed by atoms with Crippen molar-refractivity contribution in [3.05, 3.63) is 0 Å². The third-order valence-electron chi connectivity index (χ3n) is 3.52. The van der Waals surface area contributed by atoms with Gasteiger partial charge in [-0.15, -0.1) is 0 Å². The van der Waals surface area contributed by atoms with E-state index >= 15 is 0 Å². The fourth-order valence-corrected chi connectivity index (χ4v) is 3.62. The molecule has 2 aliphatic rings. The summed E-state index contributed by atoms with van der Waals surface area (Å²) in [5.74, 6) is 1.54. The standard InChI is InChI=1S/C12H20N2O3S/c15-11(16)6-9-3-4-14(7-9)12(17)13-10-2-1-5-18-8-10/h9-10H,1-8H2,(H,13,17)(H,15,16). The quantitative estimate of drug-likeness (QED) is 0.814. The largest absolute Gasteiger partial charge is 0.481 e. The van der Waals surface area contributed by atoms with Gasteiger partial charge < -0.3 is 15.3 Å². The van der Waals surface area contributed by atoms with Crippen LogP contribution < -0.4 is 5.32 Å². The van der Waals surface area contributed by atoms with Crippen LogP contribution in [0.2, 0.25) is 0 Å². The molecule has 0 aliphatic carbocycles. The van der Waals surface area contributed by atoms with Crippen molar-refractivity contribution in [3.8, 4) is 0 Å². The van der Waals surface area contributed by atoms with Crippen LogP contribution in [0.25, 0.3) is 0 Å². The van der Waals surface area contributed by atoms with Crippen molar-refractivity contribution in [2.45, 2.75) is 31.7 Å². The third-order valence-corrected chi connectivity index (χ3v) is 4.74. The molecule has 0 radical (unpaired) electrons. The first-order valence-corrected chi connectivity index (χ1v) is 7.65. The zero-order chi connectivity index (χ0) is 13.0. The lowest BCUT2D eigenvalue weighted by Gasteiger charge is -2.25. The number of aliphatic carboxylic acids is 1. The molecule has 102 valence electrons. The fraction of sp³-hybridized carbons (Fsp3) is 0.833. The highest BCUT2D eigenvalue weighted by Gasteiger charge is 2.29. The monoisotopic (exact) mass is 272 g/mol. The number of nitrogens with one attached hydrogen (secondary N) is 1. The number of thioether (sulfide) groups is 1. The molecule has 0 aromatic heterocycles. The maximum Gasteiger partial charge on any atom is 0.317 e. The number of likely N-dealkylation sites (tertiary alicyclic amines) is 1. The molecule has 0 spiro atoms. The molecule has 0 aromatic rings. The second kappa shape index (κ2) is 6.31. The van der Waals surface area contributed by atoms with Crippen molar-refractivity contribution in [2.24, 2.45) is 5.92 Å². The van der Waals surface area contributed by atoms with Gasteiger partial charge >= 0.3 is 12.0 Å². The maximum absolute atomic E-state index is 12.0. The molecule has 2 amide bonds. The van der Waals surface area contributed by atoms with Gasteiger partial charge in [0.2, 0.25) is 0 Å². The Morgan fingerprint density at radius 3 is 2.89 bits per heavy atom. The van der Waals surface area contributed by atoms with Gasteiger partial charge in [-0.25, -0.2) is 4.79 Å². The predicted octanol–water partition coefficient (Wildman–Crippen LogP) is 1.39. The van der Waals surface area contributed by atoms with Gasteiger partial charge in [-0.05, 0) is 30.9 Å². The van der Waals surface area contributed by atoms with Crippen LogP contribution in [-0.2, 0) is 4.79 Å². The smallest absolute Gasteiger partial charge is 0.317 e. The number of carboxylic acid groups (broad SMARTS) is 1. The van der Waals surface area contributed by atoms with E-state index in [9.17, 15) is 9.59 Å². The van der Waals surface area contributed by atoms with E-state index in [1.54, 1.807) is 4.90 Å². The minimum absolute atomic E-state index is 0.0182. The number of amides is 2. The summed E-state index contributed by atoms with van der Waals surface area (Å²) in [6.45, 7) is 1.27. The SMILES string of the molecule is O=C(O)CC1CCN(C(=O)NC2CCCSC2)C1.